The summed E-state index contributed by atoms with van der Waals surface area (Å²) in [7, 11) is 0. The molecule has 0 fully saturated rings. The molecule has 0 aliphatic carbocycles. The van der Waals surface area contributed by atoms with Crippen LogP contribution in [0.1, 0.15) is 22.4 Å². The highest BCUT2D eigenvalue weighted by Gasteiger charge is 2.20. The lowest BCUT2D eigenvalue weighted by Gasteiger charge is -2.14. The number of fused-ring (bicyclic) bond motifs is 1. The minimum absolute atomic E-state index is 0.0375. The summed E-state index contributed by atoms with van der Waals surface area (Å²) in [6.07, 6.45) is 1.69. The number of hydrogen-bond acceptors (Lipinski definition) is 4. The number of aromatic nitrogens is 4. The Labute approximate surface area is 186 Å². The Bertz CT molecular complexity index is 1350. The number of benzene rings is 2. The van der Waals surface area contributed by atoms with Crippen molar-refractivity contribution in [3.05, 3.63) is 100.0 Å². The maximum atomic E-state index is 13.3. The van der Waals surface area contributed by atoms with E-state index >= 15 is 0 Å². The van der Waals surface area contributed by atoms with Gasteiger partial charge < -0.3 is 9.88 Å². The number of hydrogen-bond donors (Lipinski definition) is 1. The van der Waals surface area contributed by atoms with Crippen molar-refractivity contribution in [2.45, 2.75) is 33.4 Å². The molecule has 32 heavy (non-hydrogen) atoms. The van der Waals surface area contributed by atoms with E-state index in [0.29, 0.717) is 35.9 Å². The first kappa shape index (κ1) is 21.2. The van der Waals surface area contributed by atoms with E-state index < -0.39 is 0 Å². The van der Waals surface area contributed by atoms with Crippen molar-refractivity contribution in [1.29, 1.82) is 0 Å². The van der Waals surface area contributed by atoms with Crippen molar-refractivity contribution < 1.29 is 4.79 Å². The number of rotatable bonds is 7. The molecule has 4 aromatic rings. The molecule has 162 valence electrons. The molecule has 0 aliphatic rings. The topological polar surface area (TPSA) is 81.3 Å². The minimum Gasteiger partial charge on any atom is -0.352 e. The van der Waals surface area contributed by atoms with E-state index in [4.69, 9.17) is 0 Å². The predicted molar refractivity (Wildman–Crippen MR) is 124 cm³/mol. The van der Waals surface area contributed by atoms with Crippen molar-refractivity contribution in [2.75, 3.05) is 0 Å². The summed E-state index contributed by atoms with van der Waals surface area (Å²) >= 11 is 0. The zero-order chi connectivity index (χ0) is 22.7. The molecule has 0 unspecified atom stereocenters. The van der Waals surface area contributed by atoms with Crippen LogP contribution in [-0.4, -0.2) is 25.1 Å². The van der Waals surface area contributed by atoms with Gasteiger partial charge >= 0.3 is 0 Å². The zero-order valence-electron chi connectivity index (χ0n) is 18.2. The normalized spacial score (nSPS) is 10.9. The molecule has 0 aliphatic heterocycles. The first-order chi connectivity index (χ1) is 15.5. The largest absolute Gasteiger partial charge is 0.352 e. The smallest absolute Gasteiger partial charge is 0.279 e. The van der Waals surface area contributed by atoms with Crippen molar-refractivity contribution in [3.63, 3.8) is 0 Å². The van der Waals surface area contributed by atoms with Gasteiger partial charge in [0.25, 0.3) is 5.56 Å². The van der Waals surface area contributed by atoms with Crippen LogP contribution in [0.2, 0.25) is 0 Å². The van der Waals surface area contributed by atoms with Crippen LogP contribution in [0.3, 0.4) is 0 Å². The molecule has 2 aromatic carbocycles. The van der Waals surface area contributed by atoms with E-state index in [1.54, 1.807) is 6.08 Å². The van der Waals surface area contributed by atoms with E-state index in [2.05, 4.69) is 22.0 Å². The maximum absolute atomic E-state index is 13.3. The summed E-state index contributed by atoms with van der Waals surface area (Å²) in [5, 5.41) is 7.37. The SMILES string of the molecule is C=CCn1c(C)c(CC(=O)NCc2ccccc2C)c(=O)n2nc(-c3ccccc3)nc12. The highest BCUT2D eigenvalue weighted by Crippen LogP contribution is 2.17. The Balaban J connectivity index is 1.69. The number of carbonyl (C=O) groups is 1. The molecule has 0 saturated heterocycles. The molecule has 0 bridgehead atoms. The lowest BCUT2D eigenvalue weighted by atomic mass is 10.1. The molecular weight excluding hydrogens is 402 g/mol. The minimum atomic E-state index is -0.335. The molecule has 0 atom stereocenters. The quantitative estimate of drug-likeness (QED) is 0.459. The monoisotopic (exact) mass is 427 g/mol. The van der Waals surface area contributed by atoms with Crippen LogP contribution in [0.15, 0.2) is 72.0 Å². The molecule has 7 nitrogen and oxygen atoms in total. The van der Waals surface area contributed by atoms with E-state index in [1.807, 2.05) is 73.0 Å². The van der Waals surface area contributed by atoms with E-state index in [0.717, 1.165) is 16.7 Å². The van der Waals surface area contributed by atoms with Crippen LogP contribution >= 0.6 is 0 Å². The molecular formula is C25H25N5O2. The van der Waals surface area contributed by atoms with Gasteiger partial charge in [-0.2, -0.15) is 9.50 Å². The van der Waals surface area contributed by atoms with Gasteiger partial charge in [-0.1, -0.05) is 60.7 Å². The molecule has 4 rings (SSSR count). The van der Waals surface area contributed by atoms with Crippen molar-refractivity contribution in [3.8, 4) is 11.4 Å². The molecule has 0 radical (unpaired) electrons. The second kappa shape index (κ2) is 9.01. The van der Waals surface area contributed by atoms with Crippen molar-refractivity contribution in [2.24, 2.45) is 0 Å². The van der Waals surface area contributed by atoms with Gasteiger partial charge in [-0.25, -0.2) is 0 Å². The van der Waals surface area contributed by atoms with Gasteiger partial charge in [0.15, 0.2) is 5.82 Å². The second-order valence-corrected chi connectivity index (χ2v) is 7.66. The van der Waals surface area contributed by atoms with Crippen LogP contribution in [0.5, 0.6) is 0 Å². The fraction of sp³-hybridized carbons (Fsp3) is 0.200. The van der Waals surface area contributed by atoms with Crippen LogP contribution < -0.4 is 10.9 Å². The van der Waals surface area contributed by atoms with Gasteiger partial charge in [-0.3, -0.25) is 9.59 Å². The van der Waals surface area contributed by atoms with E-state index in [9.17, 15) is 9.59 Å². The van der Waals surface area contributed by atoms with Gasteiger partial charge in [0, 0.05) is 29.9 Å². The third kappa shape index (κ3) is 4.09. The third-order valence-electron chi connectivity index (χ3n) is 5.54. The number of carbonyl (C=O) groups excluding carboxylic acids is 1. The highest BCUT2D eigenvalue weighted by molar-refractivity contribution is 5.78. The van der Waals surface area contributed by atoms with Gasteiger partial charge in [0.2, 0.25) is 11.7 Å². The number of nitrogens with one attached hydrogen (secondary N) is 1. The number of amides is 1. The van der Waals surface area contributed by atoms with Gasteiger partial charge in [0.05, 0.1) is 6.42 Å². The zero-order valence-corrected chi connectivity index (χ0v) is 18.2. The fourth-order valence-corrected chi connectivity index (χ4v) is 3.70. The molecule has 7 heteroatoms. The third-order valence-corrected chi connectivity index (χ3v) is 5.54. The Kier molecular flexibility index (Phi) is 5.98. The molecule has 1 N–H and O–H groups in total. The summed E-state index contributed by atoms with van der Waals surface area (Å²) in [6, 6.07) is 17.4. The maximum Gasteiger partial charge on any atom is 0.279 e. The summed E-state index contributed by atoms with van der Waals surface area (Å²) in [6.45, 7) is 8.50. The average molecular weight is 428 g/mol. The Morgan fingerprint density at radius 3 is 2.53 bits per heavy atom. The summed E-state index contributed by atoms with van der Waals surface area (Å²) < 4.78 is 3.14. The van der Waals surface area contributed by atoms with Crippen LogP contribution in [0, 0.1) is 13.8 Å². The van der Waals surface area contributed by atoms with Crippen LogP contribution in [-0.2, 0) is 24.3 Å². The summed E-state index contributed by atoms with van der Waals surface area (Å²) in [4.78, 5) is 30.6. The van der Waals surface area contributed by atoms with E-state index in [1.165, 1.54) is 4.52 Å². The summed E-state index contributed by atoms with van der Waals surface area (Å²) in [5.74, 6) is 0.665. The van der Waals surface area contributed by atoms with Crippen LogP contribution in [0.25, 0.3) is 17.2 Å². The van der Waals surface area contributed by atoms with Crippen molar-refractivity contribution >= 4 is 11.7 Å². The molecule has 1 amide bonds. The van der Waals surface area contributed by atoms with Gasteiger partial charge in [0.1, 0.15) is 0 Å². The summed E-state index contributed by atoms with van der Waals surface area (Å²) in [5.41, 5.74) is 3.71. The molecule has 0 saturated carbocycles. The highest BCUT2D eigenvalue weighted by atomic mass is 16.2. The Morgan fingerprint density at radius 1 is 1.09 bits per heavy atom. The lowest BCUT2D eigenvalue weighted by Crippen LogP contribution is -2.32. The first-order valence-electron chi connectivity index (χ1n) is 10.5. The number of allylic oxidation sites excluding steroid dienone is 1. The predicted octanol–water partition coefficient (Wildman–Crippen LogP) is 3.22. The van der Waals surface area contributed by atoms with Gasteiger partial charge in [-0.05, 0) is 25.0 Å². The first-order valence-corrected chi connectivity index (χ1v) is 10.5. The molecule has 2 heterocycles. The van der Waals surface area contributed by atoms with E-state index in [-0.39, 0.29) is 17.9 Å². The Hall–Kier alpha value is -4.00. The second-order valence-electron chi connectivity index (χ2n) is 7.66. The molecule has 0 spiro atoms. The van der Waals surface area contributed by atoms with Gasteiger partial charge in [-0.15, -0.1) is 11.7 Å². The standard InChI is InChI=1S/C25H25N5O2/c1-4-14-29-18(3)21(15-22(31)26-16-20-13-9-8-10-17(20)2)24(32)30-25(29)27-23(28-30)19-11-6-5-7-12-19/h4-13H,1,14-16H2,2-3H3,(H,26,31). The molecule has 2 aromatic heterocycles. The fourth-order valence-electron chi connectivity index (χ4n) is 3.70. The lowest BCUT2D eigenvalue weighted by molar-refractivity contribution is -0.120. The average Bonchev–Trinajstić information content (AvgIpc) is 3.25. The Morgan fingerprint density at radius 2 is 1.81 bits per heavy atom. The number of nitrogens with zero attached hydrogens (tertiary/aromatic N) is 4. The number of aryl methyl sites for hydroxylation is 1. The van der Waals surface area contributed by atoms with Crippen LogP contribution in [0.4, 0.5) is 0 Å². The van der Waals surface area contributed by atoms with Crippen molar-refractivity contribution in [1.82, 2.24) is 24.5 Å².